The fraction of sp³-hybridized carbons (Fsp3) is 0.852. The highest BCUT2D eigenvalue weighted by atomic mass is 16.6. The summed E-state index contributed by atoms with van der Waals surface area (Å²) < 4.78 is 8.26. The molecule has 0 aliphatic heterocycles. The molecule has 0 aromatic carbocycles. The summed E-state index contributed by atoms with van der Waals surface area (Å²) in [6.07, 6.45) is 20.0. The van der Waals surface area contributed by atoms with Crippen molar-refractivity contribution < 1.29 is 9.53 Å². The van der Waals surface area contributed by atoms with Gasteiger partial charge in [0.2, 0.25) is 5.88 Å². The highest BCUT2D eigenvalue weighted by molar-refractivity contribution is 5.70. The summed E-state index contributed by atoms with van der Waals surface area (Å²) in [6.45, 7) is 2.23. The van der Waals surface area contributed by atoms with Crippen LogP contribution in [0, 0.1) is 23.2 Å². The van der Waals surface area contributed by atoms with E-state index in [-0.39, 0.29) is 12.1 Å². The maximum absolute atomic E-state index is 13.1. The molecule has 0 spiro atoms. The van der Waals surface area contributed by atoms with Gasteiger partial charge in [-0.25, -0.2) is 4.79 Å². The number of nitrogens with one attached hydrogen (secondary N) is 1. The van der Waals surface area contributed by atoms with Gasteiger partial charge < -0.3 is 10.1 Å². The van der Waals surface area contributed by atoms with E-state index in [2.05, 4.69) is 16.9 Å². The van der Waals surface area contributed by atoms with Crippen LogP contribution in [0.4, 0.5) is 4.79 Å². The van der Waals surface area contributed by atoms with E-state index in [9.17, 15) is 4.79 Å². The van der Waals surface area contributed by atoms with Crippen molar-refractivity contribution in [3.63, 3.8) is 0 Å². The third-order valence-electron chi connectivity index (χ3n) is 9.87. The van der Waals surface area contributed by atoms with Crippen LogP contribution in [-0.4, -0.2) is 21.9 Å². The normalized spacial score (nSPS) is 35.2. The van der Waals surface area contributed by atoms with Crippen molar-refractivity contribution in [3.05, 3.63) is 11.3 Å². The Morgan fingerprint density at radius 3 is 2.28 bits per heavy atom. The Balaban J connectivity index is 1.18. The smallest absolute Gasteiger partial charge is 0.389 e. The van der Waals surface area contributed by atoms with Gasteiger partial charge in [-0.3, -0.25) is 4.68 Å². The summed E-state index contributed by atoms with van der Waals surface area (Å²) in [5.41, 5.74) is 2.86. The van der Waals surface area contributed by atoms with Crippen LogP contribution in [0.15, 0.2) is 0 Å². The number of hydrogen-bond acceptors (Lipinski definition) is 3. The third kappa shape index (κ3) is 3.77. The molecule has 1 heterocycles. The maximum atomic E-state index is 13.1. The molecule has 1 amide bonds. The Morgan fingerprint density at radius 1 is 0.969 bits per heavy atom. The Bertz CT molecular complexity index is 818. The lowest BCUT2D eigenvalue weighted by Crippen LogP contribution is -2.56. The number of carbonyl (C=O) groups excluding carboxylic acids is 1. The average molecular weight is 440 g/mol. The molecule has 6 aliphatic rings. The van der Waals surface area contributed by atoms with Crippen LogP contribution in [0.3, 0.4) is 0 Å². The largest absolute Gasteiger partial charge is 0.414 e. The molecule has 1 unspecified atom stereocenters. The predicted molar refractivity (Wildman–Crippen MR) is 125 cm³/mol. The van der Waals surface area contributed by atoms with E-state index in [0.29, 0.717) is 17.3 Å². The topological polar surface area (TPSA) is 56.1 Å². The number of hydrogen-bond donors (Lipinski definition) is 1. The molecule has 6 aliphatic carbocycles. The number of nitrogens with zero attached hydrogens (tertiary/aromatic N) is 2. The second kappa shape index (κ2) is 8.36. The molecular weight excluding hydrogens is 398 g/mol. The SMILES string of the molecule is CC(NC(=O)Oc1nn(C2CCCCC2)c2c1CCCCC2)C12CC3CC(CC(C3)C1)C2. The molecule has 5 heteroatoms. The molecule has 5 fully saturated rings. The Morgan fingerprint density at radius 2 is 1.59 bits per heavy atom. The first-order valence-corrected chi connectivity index (χ1v) is 13.7. The van der Waals surface area contributed by atoms with E-state index in [1.165, 1.54) is 101 Å². The molecule has 0 radical (unpaired) electrons. The minimum absolute atomic E-state index is 0.183. The summed E-state index contributed by atoms with van der Waals surface area (Å²) in [6, 6.07) is 0.671. The fourth-order valence-electron chi connectivity index (χ4n) is 8.63. The van der Waals surface area contributed by atoms with Crippen molar-refractivity contribution in [1.82, 2.24) is 15.1 Å². The third-order valence-corrected chi connectivity index (χ3v) is 9.87. The molecule has 1 aromatic heterocycles. The second-order valence-corrected chi connectivity index (χ2v) is 12.1. The zero-order valence-electron chi connectivity index (χ0n) is 19.9. The molecule has 0 saturated heterocycles. The molecule has 1 N–H and O–H groups in total. The van der Waals surface area contributed by atoms with E-state index in [1.54, 1.807) is 0 Å². The van der Waals surface area contributed by atoms with Gasteiger partial charge >= 0.3 is 6.09 Å². The van der Waals surface area contributed by atoms with Gasteiger partial charge in [-0.2, -0.15) is 0 Å². The first-order valence-electron chi connectivity index (χ1n) is 13.7. The van der Waals surface area contributed by atoms with E-state index in [1.807, 2.05) is 0 Å². The Hall–Kier alpha value is -1.52. The van der Waals surface area contributed by atoms with E-state index >= 15 is 0 Å². The molecule has 1 atom stereocenters. The average Bonchev–Trinajstić information content (AvgIpc) is 2.93. The van der Waals surface area contributed by atoms with Gasteiger partial charge in [0, 0.05) is 17.3 Å². The molecule has 176 valence electrons. The number of carbonyl (C=O) groups is 1. The number of aromatic nitrogens is 2. The van der Waals surface area contributed by atoms with Gasteiger partial charge in [0.15, 0.2) is 0 Å². The molecule has 32 heavy (non-hydrogen) atoms. The van der Waals surface area contributed by atoms with Crippen molar-refractivity contribution in [3.8, 4) is 5.88 Å². The predicted octanol–water partition coefficient (Wildman–Crippen LogP) is 6.35. The number of fused-ring (bicyclic) bond motifs is 1. The van der Waals surface area contributed by atoms with Crippen LogP contribution in [0.5, 0.6) is 5.88 Å². The van der Waals surface area contributed by atoms with Crippen molar-refractivity contribution in [2.24, 2.45) is 23.2 Å². The lowest BCUT2D eigenvalue weighted by atomic mass is 9.48. The molecule has 7 rings (SSSR count). The first-order chi connectivity index (χ1) is 15.6. The standard InChI is InChI=1S/C27H41N3O2/c1-18(27-15-19-12-20(16-27)14-21(13-19)17-27)28-26(31)32-25-23-10-6-3-7-11-24(23)30(29-25)22-8-4-2-5-9-22/h18-22H,2-17H2,1H3,(H,28,31). The van der Waals surface area contributed by atoms with Crippen LogP contribution in [0.1, 0.15) is 114 Å². The monoisotopic (exact) mass is 439 g/mol. The zero-order valence-corrected chi connectivity index (χ0v) is 19.9. The molecule has 4 bridgehead atoms. The van der Waals surface area contributed by atoms with Crippen LogP contribution < -0.4 is 10.1 Å². The van der Waals surface area contributed by atoms with Crippen LogP contribution in [0.2, 0.25) is 0 Å². The minimum atomic E-state index is -0.284. The van der Waals surface area contributed by atoms with Gasteiger partial charge in [0.25, 0.3) is 0 Å². The van der Waals surface area contributed by atoms with Gasteiger partial charge in [-0.05, 0) is 107 Å². The van der Waals surface area contributed by atoms with Gasteiger partial charge in [0.1, 0.15) is 0 Å². The summed E-state index contributed by atoms with van der Waals surface area (Å²) in [4.78, 5) is 13.1. The van der Waals surface area contributed by atoms with Crippen LogP contribution in [0.25, 0.3) is 0 Å². The zero-order chi connectivity index (χ0) is 21.7. The summed E-state index contributed by atoms with van der Waals surface area (Å²) in [5.74, 6) is 3.28. The first kappa shape index (κ1) is 21.0. The van der Waals surface area contributed by atoms with Crippen molar-refractivity contribution in [1.29, 1.82) is 0 Å². The summed E-state index contributed by atoms with van der Waals surface area (Å²) >= 11 is 0. The van der Waals surface area contributed by atoms with E-state index in [4.69, 9.17) is 9.84 Å². The molecule has 5 saturated carbocycles. The van der Waals surface area contributed by atoms with Gasteiger partial charge in [0.05, 0.1) is 6.04 Å². The Kier molecular flexibility index (Phi) is 5.50. The highest BCUT2D eigenvalue weighted by Gasteiger charge is 2.53. The summed E-state index contributed by atoms with van der Waals surface area (Å²) in [7, 11) is 0. The quantitative estimate of drug-likeness (QED) is 0.556. The van der Waals surface area contributed by atoms with Crippen molar-refractivity contribution >= 4 is 6.09 Å². The number of amides is 1. The highest BCUT2D eigenvalue weighted by Crippen LogP contribution is 2.61. The van der Waals surface area contributed by atoms with Crippen LogP contribution in [-0.2, 0) is 12.8 Å². The molecule has 5 nitrogen and oxygen atoms in total. The van der Waals surface area contributed by atoms with Crippen molar-refractivity contribution in [2.45, 2.75) is 122 Å². The maximum Gasteiger partial charge on any atom is 0.414 e. The van der Waals surface area contributed by atoms with E-state index < -0.39 is 0 Å². The lowest BCUT2D eigenvalue weighted by Gasteiger charge is -2.58. The van der Waals surface area contributed by atoms with Gasteiger partial charge in [-0.1, -0.05) is 25.7 Å². The second-order valence-electron chi connectivity index (χ2n) is 12.1. The Labute approximate surface area is 193 Å². The lowest BCUT2D eigenvalue weighted by molar-refractivity contribution is -0.0689. The number of rotatable bonds is 4. The number of ether oxygens (including phenoxy) is 1. The summed E-state index contributed by atoms with van der Waals surface area (Å²) in [5, 5.41) is 8.22. The van der Waals surface area contributed by atoms with Crippen LogP contribution >= 0.6 is 0 Å². The van der Waals surface area contributed by atoms with Gasteiger partial charge in [-0.15, -0.1) is 5.10 Å². The fourth-order valence-corrected chi connectivity index (χ4v) is 8.63. The van der Waals surface area contributed by atoms with Crippen molar-refractivity contribution in [2.75, 3.05) is 0 Å². The minimum Gasteiger partial charge on any atom is -0.389 e. The molecule has 1 aromatic rings. The molecular formula is C27H41N3O2. The van der Waals surface area contributed by atoms with E-state index in [0.717, 1.165) is 30.6 Å².